The predicted molar refractivity (Wildman–Crippen MR) is 73.5 cm³/mol. The highest BCUT2D eigenvalue weighted by Crippen LogP contribution is 2.28. The van der Waals surface area contributed by atoms with E-state index in [2.05, 4.69) is 43.4 Å². The van der Waals surface area contributed by atoms with Gasteiger partial charge in [-0.15, -0.1) is 0 Å². The van der Waals surface area contributed by atoms with Gasteiger partial charge < -0.3 is 11.1 Å². The molecule has 1 saturated heterocycles. The molecule has 18 heavy (non-hydrogen) atoms. The molecule has 1 heterocycles. The van der Waals surface area contributed by atoms with Crippen LogP contribution in [0.4, 0.5) is 0 Å². The van der Waals surface area contributed by atoms with Gasteiger partial charge in [-0.2, -0.15) is 0 Å². The van der Waals surface area contributed by atoms with Crippen molar-refractivity contribution < 1.29 is 4.79 Å². The molecule has 1 aliphatic heterocycles. The molecule has 0 spiro atoms. The summed E-state index contributed by atoms with van der Waals surface area (Å²) in [6.45, 7) is 5.26. The number of hydrogen-bond donors (Lipinski definition) is 2. The molecule has 3 heteroatoms. The molecule has 1 fully saturated rings. The van der Waals surface area contributed by atoms with Crippen LogP contribution in [0.25, 0.3) is 0 Å². The van der Waals surface area contributed by atoms with E-state index in [0.717, 1.165) is 19.4 Å². The Morgan fingerprint density at radius 3 is 2.56 bits per heavy atom. The van der Waals surface area contributed by atoms with E-state index in [9.17, 15) is 4.79 Å². The molecule has 0 radical (unpaired) electrons. The Morgan fingerprint density at radius 2 is 2.00 bits per heavy atom. The number of nitrogens with two attached hydrogens (primary N) is 1. The van der Waals surface area contributed by atoms with Gasteiger partial charge in [-0.05, 0) is 42.3 Å². The van der Waals surface area contributed by atoms with Crippen LogP contribution in [0.15, 0.2) is 24.3 Å². The molecule has 1 aromatic carbocycles. The summed E-state index contributed by atoms with van der Waals surface area (Å²) in [5.41, 5.74) is 8.06. The van der Waals surface area contributed by atoms with Crippen molar-refractivity contribution in [3.63, 3.8) is 0 Å². The summed E-state index contributed by atoms with van der Waals surface area (Å²) in [5, 5.41) is 3.17. The van der Waals surface area contributed by atoms with E-state index in [1.54, 1.807) is 0 Å². The number of carbonyl (C=O) groups excluding carboxylic acids is 1. The maximum absolute atomic E-state index is 11.2. The summed E-state index contributed by atoms with van der Waals surface area (Å²) in [6.07, 6.45) is 1.89. The lowest BCUT2D eigenvalue weighted by Crippen LogP contribution is -2.46. The smallest absolute Gasteiger partial charge is 0.234 e. The van der Waals surface area contributed by atoms with Crippen LogP contribution in [-0.2, 0) is 4.79 Å². The van der Waals surface area contributed by atoms with Crippen molar-refractivity contribution in [3.8, 4) is 0 Å². The van der Waals surface area contributed by atoms with Crippen LogP contribution in [0.1, 0.15) is 49.7 Å². The van der Waals surface area contributed by atoms with Gasteiger partial charge in [0.05, 0.1) is 6.04 Å². The first-order chi connectivity index (χ1) is 8.58. The minimum Gasteiger partial charge on any atom is -0.368 e. The van der Waals surface area contributed by atoms with Gasteiger partial charge in [0, 0.05) is 0 Å². The molecule has 0 aliphatic carbocycles. The number of amides is 1. The van der Waals surface area contributed by atoms with Gasteiger partial charge in [-0.3, -0.25) is 4.79 Å². The van der Waals surface area contributed by atoms with Gasteiger partial charge >= 0.3 is 0 Å². The number of piperidine rings is 1. The minimum atomic E-state index is -0.237. The average Bonchev–Trinajstić information content (AvgIpc) is 2.39. The topological polar surface area (TPSA) is 55.1 Å². The number of nitrogens with one attached hydrogen (secondary N) is 1. The normalized spacial score (nSPS) is 24.2. The zero-order chi connectivity index (χ0) is 13.1. The van der Waals surface area contributed by atoms with Gasteiger partial charge in [-0.25, -0.2) is 0 Å². The van der Waals surface area contributed by atoms with E-state index < -0.39 is 0 Å². The third-order valence-electron chi connectivity index (χ3n) is 3.82. The Labute approximate surface area is 109 Å². The van der Waals surface area contributed by atoms with Crippen LogP contribution in [0.3, 0.4) is 0 Å². The number of primary amides is 1. The van der Waals surface area contributed by atoms with Crippen LogP contribution < -0.4 is 11.1 Å². The molecule has 0 bridgehead atoms. The summed E-state index contributed by atoms with van der Waals surface area (Å²) in [7, 11) is 0. The molecular formula is C15H22N2O. The highest BCUT2D eigenvalue weighted by atomic mass is 16.1. The Balaban J connectivity index is 2.09. The summed E-state index contributed by atoms with van der Waals surface area (Å²) < 4.78 is 0. The molecular weight excluding hydrogens is 224 g/mol. The lowest BCUT2D eigenvalue weighted by Gasteiger charge is -2.28. The van der Waals surface area contributed by atoms with Crippen LogP contribution in [0.5, 0.6) is 0 Å². The largest absolute Gasteiger partial charge is 0.368 e. The first kappa shape index (κ1) is 13.1. The Bertz CT molecular complexity index is 411. The summed E-state index contributed by atoms with van der Waals surface area (Å²) in [6, 6.07) is 8.61. The molecule has 3 N–H and O–H groups in total. The van der Waals surface area contributed by atoms with Gasteiger partial charge in [-0.1, -0.05) is 38.1 Å². The summed E-state index contributed by atoms with van der Waals surface area (Å²) >= 11 is 0. The van der Waals surface area contributed by atoms with Crippen molar-refractivity contribution >= 4 is 5.91 Å². The lowest BCUT2D eigenvalue weighted by atomic mass is 9.85. The summed E-state index contributed by atoms with van der Waals surface area (Å²) in [4.78, 5) is 11.2. The quantitative estimate of drug-likeness (QED) is 0.858. The van der Waals surface area contributed by atoms with E-state index in [1.165, 1.54) is 11.1 Å². The van der Waals surface area contributed by atoms with E-state index in [4.69, 9.17) is 5.73 Å². The molecule has 3 nitrogen and oxygen atoms in total. The van der Waals surface area contributed by atoms with Crippen LogP contribution in [0.2, 0.25) is 0 Å². The van der Waals surface area contributed by atoms with Crippen LogP contribution in [0, 0.1) is 0 Å². The second kappa shape index (κ2) is 5.53. The van der Waals surface area contributed by atoms with Gasteiger partial charge in [0.25, 0.3) is 0 Å². The highest BCUT2D eigenvalue weighted by molar-refractivity contribution is 5.80. The average molecular weight is 246 g/mol. The van der Waals surface area contributed by atoms with Crippen molar-refractivity contribution in [2.24, 2.45) is 5.73 Å². The third kappa shape index (κ3) is 2.91. The standard InChI is InChI=1S/C15H22N2O/c1-10(2)11-3-5-12(6-4-11)13-7-8-17-14(9-13)15(16)18/h3-6,10,13-14,17H,7-9H2,1-2H3,(H2,16,18). The highest BCUT2D eigenvalue weighted by Gasteiger charge is 2.25. The molecule has 1 amide bonds. The third-order valence-corrected chi connectivity index (χ3v) is 3.82. The Morgan fingerprint density at radius 1 is 1.33 bits per heavy atom. The zero-order valence-corrected chi connectivity index (χ0v) is 11.1. The zero-order valence-electron chi connectivity index (χ0n) is 11.1. The lowest BCUT2D eigenvalue weighted by molar-refractivity contribution is -0.120. The van der Waals surface area contributed by atoms with Crippen LogP contribution >= 0.6 is 0 Å². The molecule has 0 aromatic heterocycles. The van der Waals surface area contributed by atoms with E-state index in [0.29, 0.717) is 11.8 Å². The Hall–Kier alpha value is -1.35. The fraction of sp³-hybridized carbons (Fsp3) is 0.533. The number of benzene rings is 1. The SMILES string of the molecule is CC(C)c1ccc(C2CCNC(C(N)=O)C2)cc1. The molecule has 1 aliphatic rings. The first-order valence-corrected chi connectivity index (χ1v) is 6.70. The van der Waals surface area contributed by atoms with E-state index in [1.807, 2.05) is 0 Å². The minimum absolute atomic E-state index is 0.173. The fourth-order valence-corrected chi connectivity index (χ4v) is 2.59. The molecule has 1 aromatic rings. The van der Waals surface area contributed by atoms with Crippen molar-refractivity contribution in [3.05, 3.63) is 35.4 Å². The Kier molecular flexibility index (Phi) is 4.02. The predicted octanol–water partition coefficient (Wildman–Crippen LogP) is 2.13. The van der Waals surface area contributed by atoms with Gasteiger partial charge in [0.2, 0.25) is 5.91 Å². The van der Waals surface area contributed by atoms with Crippen LogP contribution in [-0.4, -0.2) is 18.5 Å². The van der Waals surface area contributed by atoms with Crippen molar-refractivity contribution in [2.45, 2.75) is 44.6 Å². The fourth-order valence-electron chi connectivity index (χ4n) is 2.59. The van der Waals surface area contributed by atoms with Crippen molar-refractivity contribution in [2.75, 3.05) is 6.54 Å². The van der Waals surface area contributed by atoms with Crippen molar-refractivity contribution in [1.82, 2.24) is 5.32 Å². The molecule has 2 unspecified atom stereocenters. The second-order valence-corrected chi connectivity index (χ2v) is 5.45. The molecule has 2 atom stereocenters. The number of hydrogen-bond acceptors (Lipinski definition) is 2. The number of rotatable bonds is 3. The van der Waals surface area contributed by atoms with E-state index >= 15 is 0 Å². The molecule has 0 saturated carbocycles. The number of carbonyl (C=O) groups is 1. The monoisotopic (exact) mass is 246 g/mol. The maximum atomic E-state index is 11.2. The molecule has 2 rings (SSSR count). The van der Waals surface area contributed by atoms with E-state index in [-0.39, 0.29) is 11.9 Å². The van der Waals surface area contributed by atoms with Gasteiger partial charge in [0.1, 0.15) is 0 Å². The van der Waals surface area contributed by atoms with Gasteiger partial charge in [0.15, 0.2) is 0 Å². The molecule has 98 valence electrons. The van der Waals surface area contributed by atoms with Crippen molar-refractivity contribution in [1.29, 1.82) is 0 Å². The second-order valence-electron chi connectivity index (χ2n) is 5.45. The summed E-state index contributed by atoms with van der Waals surface area (Å²) in [5.74, 6) is 0.772. The maximum Gasteiger partial charge on any atom is 0.234 e. The first-order valence-electron chi connectivity index (χ1n) is 6.70.